The van der Waals surface area contributed by atoms with Crippen LogP contribution in [0.4, 0.5) is 0 Å². The molecule has 19 atom stereocenters. The van der Waals surface area contributed by atoms with Gasteiger partial charge in [-0.1, -0.05) is 98.9 Å². The van der Waals surface area contributed by atoms with Crippen molar-refractivity contribution in [3.05, 3.63) is 85.1 Å². The molecular formula is C48H75NO17. The second-order valence-corrected chi connectivity index (χ2v) is 17.8. The normalized spacial score (nSPS) is 44.9. The second kappa shape index (κ2) is 28.1. The molecule has 0 spiro atoms. The van der Waals surface area contributed by atoms with Crippen molar-refractivity contribution in [3.63, 3.8) is 0 Å². The summed E-state index contributed by atoms with van der Waals surface area (Å²) in [5, 5.41) is 109. The first-order valence-electron chi connectivity index (χ1n) is 22.7. The molecule has 0 amide bonds. The highest BCUT2D eigenvalue weighted by Gasteiger charge is 2.51. The summed E-state index contributed by atoms with van der Waals surface area (Å²) in [4.78, 5) is 25.7. The van der Waals surface area contributed by atoms with Gasteiger partial charge in [0.25, 0.3) is 0 Å². The Hall–Kier alpha value is -3.44. The maximum atomic E-state index is 13.1. The fraction of sp³-hybridized carbons (Fsp3) is 0.667. The highest BCUT2D eigenvalue weighted by Crippen LogP contribution is 2.38. The van der Waals surface area contributed by atoms with Crippen LogP contribution >= 0.6 is 0 Å². The van der Waals surface area contributed by atoms with Gasteiger partial charge in [-0.25, -0.2) is 0 Å². The van der Waals surface area contributed by atoms with Crippen molar-refractivity contribution in [2.45, 2.75) is 177 Å². The largest absolute Gasteiger partial charge is 0.469 e. The third kappa shape index (κ3) is 18.6. The summed E-state index contributed by atoms with van der Waals surface area (Å²) in [6.45, 7) is 6.78. The monoisotopic (exact) mass is 938 g/mol. The fourth-order valence-corrected chi connectivity index (χ4v) is 8.09. The van der Waals surface area contributed by atoms with Gasteiger partial charge in [0, 0.05) is 37.5 Å². The number of hydrogen-bond donors (Lipinski definition) is 11. The van der Waals surface area contributed by atoms with Gasteiger partial charge in [-0.15, -0.1) is 0 Å². The van der Waals surface area contributed by atoms with E-state index in [1.54, 1.807) is 75.5 Å². The van der Waals surface area contributed by atoms with E-state index < -0.39 is 147 Å². The van der Waals surface area contributed by atoms with Crippen molar-refractivity contribution in [1.82, 2.24) is 0 Å². The number of fused-ring (bicyclic) bond motifs is 2. The average molecular weight is 938 g/mol. The van der Waals surface area contributed by atoms with Gasteiger partial charge >= 0.3 is 11.9 Å². The number of ether oxygens (including phenoxy) is 5. The number of carbonyl (C=O) groups excluding carboxylic acids is 2. The molecule has 3 rings (SSSR count). The average Bonchev–Trinajstić information content (AvgIpc) is 3.24. The Balaban J connectivity index is 1.88. The third-order valence-corrected chi connectivity index (χ3v) is 12.2. The predicted octanol–water partition coefficient (Wildman–Crippen LogP) is 0.800. The lowest BCUT2D eigenvalue weighted by molar-refractivity contribution is -0.308. The number of aliphatic hydroxyl groups excluding tert-OH is 9. The van der Waals surface area contributed by atoms with Gasteiger partial charge in [0.1, 0.15) is 18.1 Å². The molecule has 374 valence electrons. The predicted molar refractivity (Wildman–Crippen MR) is 241 cm³/mol. The minimum absolute atomic E-state index is 0.0949. The fourth-order valence-electron chi connectivity index (χ4n) is 8.09. The van der Waals surface area contributed by atoms with Gasteiger partial charge < -0.3 is 80.5 Å². The van der Waals surface area contributed by atoms with Crippen molar-refractivity contribution < 1.29 is 84.3 Å². The molecule has 0 unspecified atom stereocenters. The Kier molecular flexibility index (Phi) is 24.3. The van der Waals surface area contributed by atoms with Crippen LogP contribution in [-0.4, -0.2) is 168 Å². The van der Waals surface area contributed by atoms with E-state index in [0.717, 1.165) is 7.11 Å². The zero-order valence-corrected chi connectivity index (χ0v) is 38.5. The van der Waals surface area contributed by atoms with Crippen LogP contribution in [0.1, 0.15) is 79.1 Å². The summed E-state index contributed by atoms with van der Waals surface area (Å²) < 4.78 is 28.4. The van der Waals surface area contributed by atoms with Crippen LogP contribution in [-0.2, 0) is 33.3 Å². The first-order valence-corrected chi connectivity index (χ1v) is 22.7. The Morgan fingerprint density at radius 1 is 0.667 bits per heavy atom. The van der Waals surface area contributed by atoms with Crippen molar-refractivity contribution in [2.75, 3.05) is 7.11 Å². The van der Waals surface area contributed by atoms with Crippen LogP contribution in [0.15, 0.2) is 85.1 Å². The molecule has 3 heterocycles. The van der Waals surface area contributed by atoms with Gasteiger partial charge in [0.15, 0.2) is 12.1 Å². The van der Waals surface area contributed by atoms with E-state index in [4.69, 9.17) is 29.4 Å². The molecule has 0 aromatic heterocycles. The lowest BCUT2D eigenvalue weighted by atomic mass is 9.82. The smallest absolute Gasteiger partial charge is 0.313 e. The molecule has 12 N–H and O–H groups in total. The summed E-state index contributed by atoms with van der Waals surface area (Å²) in [5.74, 6) is -5.93. The molecule has 3 aliphatic heterocycles. The second-order valence-electron chi connectivity index (χ2n) is 17.8. The van der Waals surface area contributed by atoms with Crippen LogP contribution in [0.3, 0.4) is 0 Å². The van der Waals surface area contributed by atoms with Crippen molar-refractivity contribution in [2.24, 2.45) is 23.5 Å². The Morgan fingerprint density at radius 2 is 1.24 bits per heavy atom. The number of rotatable bonds is 3. The Morgan fingerprint density at radius 3 is 1.83 bits per heavy atom. The molecule has 18 nitrogen and oxygen atoms in total. The van der Waals surface area contributed by atoms with Gasteiger partial charge in [-0.05, 0) is 33.1 Å². The van der Waals surface area contributed by atoms with Crippen molar-refractivity contribution in [1.29, 1.82) is 0 Å². The zero-order valence-electron chi connectivity index (χ0n) is 38.5. The number of aliphatic hydroxyl groups is 10. The molecule has 0 aromatic carbocycles. The van der Waals surface area contributed by atoms with Crippen LogP contribution in [0.5, 0.6) is 0 Å². The number of hydrogen-bond acceptors (Lipinski definition) is 18. The van der Waals surface area contributed by atoms with E-state index in [9.17, 15) is 60.7 Å². The van der Waals surface area contributed by atoms with Crippen LogP contribution in [0.2, 0.25) is 0 Å². The zero-order chi connectivity index (χ0) is 49.1. The van der Waals surface area contributed by atoms with E-state index in [0.29, 0.717) is 0 Å². The molecule has 2 fully saturated rings. The quantitative estimate of drug-likeness (QED) is 0.174. The van der Waals surface area contributed by atoms with Crippen molar-refractivity contribution in [3.8, 4) is 0 Å². The molecule has 18 heteroatoms. The molecule has 0 saturated carbocycles. The summed E-state index contributed by atoms with van der Waals surface area (Å²) in [6, 6.07) is -1.13. The summed E-state index contributed by atoms with van der Waals surface area (Å²) in [6.07, 6.45) is 4.50. The van der Waals surface area contributed by atoms with E-state index in [1.165, 1.54) is 0 Å². The minimum Gasteiger partial charge on any atom is -0.469 e. The molecule has 0 aliphatic carbocycles. The summed E-state index contributed by atoms with van der Waals surface area (Å²) >= 11 is 0. The number of methoxy groups -OCH3 is 1. The molecule has 2 bridgehead atoms. The molecule has 2 saturated heterocycles. The number of esters is 2. The number of allylic oxidation sites excluding steroid dienone is 12. The van der Waals surface area contributed by atoms with Gasteiger partial charge in [0.2, 0.25) is 0 Å². The van der Waals surface area contributed by atoms with Gasteiger partial charge in [-0.3, -0.25) is 9.59 Å². The standard InChI is InChI=1S/C48H75NO17/c1-28-18-16-14-12-10-8-6-7-9-11-13-15-17-19-35(65-47-45(59)42(49)44(58)31(4)64-47)25-39-41(46(60)62-5)38(55)27-48(61,66-39)26-34(52)23-37(54)36(53)21-20-32(50)22-33(51)24-40(56)63-30(3)29(2)43(28)57/h6-19,28-39,41-45,47,50-55,57-59,61H,20-27,49H2,1-5H3/b7-6+,10-8+,11-9+,14-12+,15-13+,18-16-,19-17+/t28-,29-,30-,31+,32+,33+,34-,35-,36+,37+,38-,39-,41+,42-,43+,44+,45-,47-,48+/m0/s1. The van der Waals surface area contributed by atoms with Crippen molar-refractivity contribution >= 4 is 11.9 Å². The van der Waals surface area contributed by atoms with E-state index >= 15 is 0 Å². The summed E-state index contributed by atoms with van der Waals surface area (Å²) in [5.41, 5.74) is 6.05. The third-order valence-electron chi connectivity index (χ3n) is 12.2. The van der Waals surface area contributed by atoms with Crippen LogP contribution < -0.4 is 5.73 Å². The van der Waals surface area contributed by atoms with E-state index in [-0.39, 0.29) is 31.6 Å². The lowest BCUT2D eigenvalue weighted by Gasteiger charge is -2.45. The SMILES string of the molecule is COC(=O)[C@H]1[C@@H]2C[C@@H](O[C@@H]3O[C@H](C)[C@@H](O)[C@H](N)[C@@H]3O)/C=C/C=C/C=C/C=C/C=C/C=C/C=C\[C@H](C)[C@@H](O)[C@@H](C)[C@H](C)OC(=O)C[C@H](O)C[C@H](O)CC[C@@H](O)[C@H](O)C[C@H](O)C[C@](O)(C[C@@H]1O)O2. The highest BCUT2D eigenvalue weighted by molar-refractivity contribution is 5.74. The number of nitrogens with two attached hydrogens (primary N) is 1. The topological polar surface area (TPSA) is 309 Å². The van der Waals surface area contributed by atoms with Crippen LogP contribution in [0, 0.1) is 17.8 Å². The molecule has 3 aliphatic rings. The van der Waals surface area contributed by atoms with E-state index in [1.807, 2.05) is 37.3 Å². The van der Waals surface area contributed by atoms with Gasteiger partial charge in [-0.2, -0.15) is 0 Å². The highest BCUT2D eigenvalue weighted by atomic mass is 16.7. The maximum absolute atomic E-state index is 13.1. The minimum atomic E-state index is -2.27. The first kappa shape index (κ1) is 56.9. The number of carbonyl (C=O) groups is 2. The van der Waals surface area contributed by atoms with Crippen LogP contribution in [0.25, 0.3) is 0 Å². The lowest BCUT2D eigenvalue weighted by Crippen LogP contribution is -2.61. The maximum Gasteiger partial charge on any atom is 0.313 e. The molecule has 66 heavy (non-hydrogen) atoms. The van der Waals surface area contributed by atoms with Gasteiger partial charge in [0.05, 0.1) is 86.7 Å². The first-order chi connectivity index (χ1) is 31.2. The Bertz CT molecular complexity index is 1680. The number of cyclic esters (lactones) is 1. The Labute approximate surface area is 387 Å². The van der Waals surface area contributed by atoms with E-state index in [2.05, 4.69) is 0 Å². The summed E-state index contributed by atoms with van der Waals surface area (Å²) in [7, 11) is 1.12. The molecule has 0 radical (unpaired) electrons. The molecular weight excluding hydrogens is 863 g/mol. The molecule has 0 aromatic rings.